The van der Waals surface area contributed by atoms with Crippen molar-refractivity contribution in [2.75, 3.05) is 0 Å². The van der Waals surface area contributed by atoms with Crippen LogP contribution < -0.4 is 5.19 Å². The van der Waals surface area contributed by atoms with Gasteiger partial charge in [0.15, 0.2) is 0 Å². The van der Waals surface area contributed by atoms with Gasteiger partial charge in [-0.25, -0.2) is 0 Å². The van der Waals surface area contributed by atoms with Crippen LogP contribution in [0.3, 0.4) is 0 Å². The molecule has 0 amide bonds. The van der Waals surface area contributed by atoms with Crippen LogP contribution in [0.2, 0.25) is 19.6 Å². The van der Waals surface area contributed by atoms with E-state index in [1.807, 2.05) is 49.6 Å². The number of aromatic nitrogens is 3. The summed E-state index contributed by atoms with van der Waals surface area (Å²) in [5, 5.41) is 3.45. The Morgan fingerprint density at radius 1 is 0.673 bits per heavy atom. The van der Waals surface area contributed by atoms with Gasteiger partial charge in [0, 0.05) is 61.9 Å². The van der Waals surface area contributed by atoms with Gasteiger partial charge in [-0.2, -0.15) is 0 Å². The number of aryl methyl sites for hydroxylation is 1. The van der Waals surface area contributed by atoms with Crippen LogP contribution >= 0.6 is 0 Å². The Labute approximate surface area is 319 Å². The van der Waals surface area contributed by atoms with Gasteiger partial charge in [0.25, 0.3) is 0 Å². The first kappa shape index (κ1) is 36.7. The van der Waals surface area contributed by atoms with Crippen LogP contribution in [0.15, 0.2) is 138 Å². The molecule has 0 saturated carbocycles. The molecule has 0 fully saturated rings. The van der Waals surface area contributed by atoms with E-state index in [9.17, 15) is 4.39 Å². The Morgan fingerprint density at radius 2 is 1.38 bits per heavy atom. The summed E-state index contributed by atoms with van der Waals surface area (Å²) in [5.41, 5.74) is 10.9. The number of rotatable bonds is 7. The second kappa shape index (κ2) is 16.1. The Kier molecular flexibility index (Phi) is 11.4. The largest absolute Gasteiger partial charge is 0.500 e. The second-order valence-electron chi connectivity index (χ2n) is 13.8. The van der Waals surface area contributed by atoms with E-state index in [-0.39, 0.29) is 25.9 Å². The Balaban J connectivity index is 0.000000218. The second-order valence-corrected chi connectivity index (χ2v) is 18.9. The number of nitrogens with zero attached hydrogens (tertiary/aromatic N) is 3. The van der Waals surface area contributed by atoms with Crippen molar-refractivity contribution in [2.24, 2.45) is 0 Å². The summed E-state index contributed by atoms with van der Waals surface area (Å²) in [6.45, 7) is 8.87. The van der Waals surface area contributed by atoms with Gasteiger partial charge < -0.3 is 14.4 Å². The maximum absolute atomic E-state index is 12.8. The third-order valence-corrected chi connectivity index (χ3v) is 10.9. The number of hydrogen-bond donors (Lipinski definition) is 0. The fourth-order valence-electron chi connectivity index (χ4n) is 6.14. The number of fused-ring (bicyclic) bond motifs is 3. The van der Waals surface area contributed by atoms with E-state index < -0.39 is 8.07 Å². The molecular weight excluding hydrogens is 838 g/mol. The van der Waals surface area contributed by atoms with E-state index in [1.54, 1.807) is 6.07 Å². The van der Waals surface area contributed by atoms with E-state index in [0.717, 1.165) is 68.7 Å². The standard InChI is InChI=1S/C31H23N2O.C14H15FNSi.Ir/c1-21-16-30-31(28(33-21)18-23-10-6-3-7-11-23)26-20-25(12-13-29(26)34-30)27-19-24(14-15-32-27)17-22-8-4-2-5-9-22;1-17(2,3)13-8-9-14(16-10-13)11-4-6-12(15)7-5-11;/h2-11,13-16,19-20H,17-18H2,1H3;4,6-10H,1-3H3;/q2*-1;. The van der Waals surface area contributed by atoms with Crippen molar-refractivity contribution in [3.63, 3.8) is 0 Å². The summed E-state index contributed by atoms with van der Waals surface area (Å²) in [5.74, 6) is -0.271. The maximum atomic E-state index is 12.8. The van der Waals surface area contributed by atoms with Gasteiger partial charge in [0.2, 0.25) is 0 Å². The molecule has 8 aromatic rings. The molecule has 0 spiro atoms. The normalized spacial score (nSPS) is 11.2. The van der Waals surface area contributed by atoms with Crippen LogP contribution in [-0.2, 0) is 32.9 Å². The van der Waals surface area contributed by atoms with Gasteiger partial charge in [-0.3, -0.25) is 9.37 Å². The number of pyridine rings is 3. The van der Waals surface area contributed by atoms with E-state index in [4.69, 9.17) is 9.40 Å². The van der Waals surface area contributed by atoms with Crippen LogP contribution in [0.1, 0.15) is 28.1 Å². The minimum atomic E-state index is -1.30. The monoisotopic (exact) mass is 876 g/mol. The van der Waals surface area contributed by atoms with Crippen LogP contribution in [0.5, 0.6) is 0 Å². The van der Waals surface area contributed by atoms with Gasteiger partial charge >= 0.3 is 0 Å². The molecule has 0 saturated heterocycles. The van der Waals surface area contributed by atoms with Gasteiger partial charge in [0.1, 0.15) is 5.58 Å². The van der Waals surface area contributed by atoms with Crippen molar-refractivity contribution in [1.29, 1.82) is 0 Å². The first-order valence-corrected chi connectivity index (χ1v) is 20.6. The third kappa shape index (κ3) is 8.68. The molecule has 4 heterocycles. The maximum Gasteiger partial charge on any atom is 0.124 e. The van der Waals surface area contributed by atoms with Crippen LogP contribution in [-0.4, -0.2) is 23.0 Å². The van der Waals surface area contributed by atoms with Crippen molar-refractivity contribution in [3.05, 3.63) is 180 Å². The molecule has 261 valence electrons. The van der Waals surface area contributed by atoms with Crippen LogP contribution in [0, 0.1) is 24.9 Å². The Morgan fingerprint density at radius 3 is 2.04 bits per heavy atom. The van der Waals surface area contributed by atoms with E-state index in [0.29, 0.717) is 0 Å². The first-order valence-electron chi connectivity index (χ1n) is 17.1. The Hall–Kier alpha value is -5.07. The molecule has 1 radical (unpaired) electrons. The minimum Gasteiger partial charge on any atom is -0.500 e. The van der Waals surface area contributed by atoms with Crippen molar-refractivity contribution in [1.82, 2.24) is 15.0 Å². The van der Waals surface area contributed by atoms with Crippen molar-refractivity contribution < 1.29 is 28.9 Å². The molecule has 0 aliphatic rings. The summed E-state index contributed by atoms with van der Waals surface area (Å²) in [7, 11) is -1.30. The zero-order chi connectivity index (χ0) is 35.4. The predicted molar refractivity (Wildman–Crippen MR) is 208 cm³/mol. The molecular formula is C45H38FIrN3OSi-2. The topological polar surface area (TPSA) is 51.8 Å². The zero-order valence-electron chi connectivity index (χ0n) is 29.6. The van der Waals surface area contributed by atoms with Crippen molar-refractivity contribution in [3.8, 4) is 22.5 Å². The van der Waals surface area contributed by atoms with Gasteiger partial charge in [-0.15, -0.1) is 53.6 Å². The smallest absolute Gasteiger partial charge is 0.124 e. The van der Waals surface area contributed by atoms with E-state index in [2.05, 4.69) is 115 Å². The summed E-state index contributed by atoms with van der Waals surface area (Å²) < 4.78 is 19.0. The molecule has 52 heavy (non-hydrogen) atoms. The molecule has 8 rings (SSSR count). The summed E-state index contributed by atoms with van der Waals surface area (Å²) in [6, 6.07) is 46.1. The fraction of sp³-hybridized carbons (Fsp3) is 0.133. The fourth-order valence-corrected chi connectivity index (χ4v) is 7.18. The average molecular weight is 876 g/mol. The SMILES string of the molecule is C[Si](C)(C)c1ccc(-c2[c-]cc(F)cc2)nc1.Cc1cc2oc3c[c-]c(-c4cc(Cc5ccccc5)ccn4)cc3c2c(Cc2ccccc2)n1.[Ir]. The number of furan rings is 1. The molecule has 0 aliphatic heterocycles. The van der Waals surface area contributed by atoms with E-state index >= 15 is 0 Å². The summed E-state index contributed by atoms with van der Waals surface area (Å²) in [4.78, 5) is 14.0. The number of halogens is 1. The number of hydrogen-bond acceptors (Lipinski definition) is 4. The minimum absolute atomic E-state index is 0. The molecule has 7 heteroatoms. The summed E-state index contributed by atoms with van der Waals surface area (Å²) >= 11 is 0. The van der Waals surface area contributed by atoms with Crippen LogP contribution in [0.4, 0.5) is 4.39 Å². The Bertz CT molecular complexity index is 2410. The molecule has 0 atom stereocenters. The van der Waals surface area contributed by atoms with E-state index in [1.165, 1.54) is 34.0 Å². The van der Waals surface area contributed by atoms with Crippen molar-refractivity contribution >= 4 is 35.2 Å². The molecule has 0 unspecified atom stereocenters. The predicted octanol–water partition coefficient (Wildman–Crippen LogP) is 10.6. The molecule has 0 aliphatic carbocycles. The third-order valence-electron chi connectivity index (χ3n) is 8.83. The van der Waals surface area contributed by atoms with Gasteiger partial charge in [0.05, 0.1) is 19.4 Å². The first-order chi connectivity index (χ1) is 24.7. The molecule has 0 N–H and O–H groups in total. The molecule has 0 bridgehead atoms. The van der Waals surface area contributed by atoms with Crippen molar-refractivity contribution in [2.45, 2.75) is 39.4 Å². The summed E-state index contributed by atoms with van der Waals surface area (Å²) in [6.07, 6.45) is 5.44. The zero-order valence-corrected chi connectivity index (χ0v) is 33.0. The average Bonchev–Trinajstić information content (AvgIpc) is 3.51. The van der Waals surface area contributed by atoms with Gasteiger partial charge in [-0.1, -0.05) is 104 Å². The number of benzene rings is 4. The quantitative estimate of drug-likeness (QED) is 0.118. The van der Waals surface area contributed by atoms with Gasteiger partial charge in [-0.05, 0) is 52.7 Å². The molecule has 4 aromatic carbocycles. The molecule has 4 nitrogen and oxygen atoms in total. The molecule has 4 aromatic heterocycles. The van der Waals surface area contributed by atoms with Crippen LogP contribution in [0.25, 0.3) is 44.5 Å².